The van der Waals surface area contributed by atoms with Crippen molar-refractivity contribution in [3.05, 3.63) is 12.0 Å². The maximum atomic E-state index is 12.0. The molecule has 0 bridgehead atoms. The van der Waals surface area contributed by atoms with Crippen molar-refractivity contribution >= 4 is 15.9 Å². The van der Waals surface area contributed by atoms with Gasteiger partial charge in [-0.25, -0.2) is 18.1 Å². The fourth-order valence-electron chi connectivity index (χ4n) is 1.78. The average molecular weight is 272 g/mol. The third-order valence-electron chi connectivity index (χ3n) is 2.82. The van der Waals surface area contributed by atoms with Gasteiger partial charge in [0.2, 0.25) is 5.91 Å². The Morgan fingerprint density at radius 1 is 1.56 bits per heavy atom. The minimum atomic E-state index is -3.59. The number of aromatic nitrogens is 2. The van der Waals surface area contributed by atoms with Crippen LogP contribution in [-0.2, 0) is 21.2 Å². The molecule has 0 aliphatic carbocycles. The number of hydrogen-bond donors (Lipinski definition) is 3. The normalized spacial score (nSPS) is 20.7. The summed E-state index contributed by atoms with van der Waals surface area (Å²) in [6, 6.07) is -0.263. The Balaban J connectivity index is 2.05. The fraction of sp³-hybridized carbons (Fsp3) is 0.600. The molecule has 18 heavy (non-hydrogen) atoms. The number of H-pyrrole nitrogens is 1. The summed E-state index contributed by atoms with van der Waals surface area (Å²) in [5.74, 6) is 0.590. The maximum Gasteiger partial charge on any atom is 0.257 e. The number of rotatable bonds is 4. The van der Waals surface area contributed by atoms with E-state index in [1.807, 2.05) is 6.92 Å². The Labute approximate surface area is 105 Å². The van der Waals surface area contributed by atoms with Crippen molar-refractivity contribution in [3.8, 4) is 0 Å². The lowest BCUT2D eigenvalue weighted by Gasteiger charge is -2.22. The van der Waals surface area contributed by atoms with Crippen LogP contribution in [0.2, 0.25) is 0 Å². The number of piperidine rings is 1. The Morgan fingerprint density at radius 2 is 2.33 bits per heavy atom. The quantitative estimate of drug-likeness (QED) is 0.689. The van der Waals surface area contributed by atoms with Crippen LogP contribution in [0, 0.1) is 0 Å². The minimum absolute atomic E-state index is 0.0414. The highest BCUT2D eigenvalue weighted by atomic mass is 32.2. The Bertz CT molecular complexity index is 527. The van der Waals surface area contributed by atoms with Crippen molar-refractivity contribution < 1.29 is 13.2 Å². The monoisotopic (exact) mass is 272 g/mol. The predicted octanol–water partition coefficient (Wildman–Crippen LogP) is -0.471. The van der Waals surface area contributed by atoms with Crippen molar-refractivity contribution in [3.63, 3.8) is 0 Å². The van der Waals surface area contributed by atoms with E-state index in [0.29, 0.717) is 31.6 Å². The van der Waals surface area contributed by atoms with Crippen LogP contribution in [0.1, 0.15) is 25.6 Å². The summed E-state index contributed by atoms with van der Waals surface area (Å²) in [5.41, 5.74) is 0. The van der Waals surface area contributed by atoms with Crippen LogP contribution in [-0.4, -0.2) is 36.9 Å². The molecular weight excluding hydrogens is 256 g/mol. The Kier molecular flexibility index (Phi) is 3.67. The predicted molar refractivity (Wildman–Crippen MR) is 64.3 cm³/mol. The summed E-state index contributed by atoms with van der Waals surface area (Å²) < 4.78 is 26.6. The van der Waals surface area contributed by atoms with E-state index in [9.17, 15) is 13.2 Å². The number of sulfonamides is 1. The summed E-state index contributed by atoms with van der Waals surface area (Å²) in [6.07, 6.45) is 2.81. The number of aromatic amines is 1. The van der Waals surface area contributed by atoms with Gasteiger partial charge in [0.15, 0.2) is 5.03 Å². The van der Waals surface area contributed by atoms with Crippen LogP contribution in [0.3, 0.4) is 0 Å². The van der Waals surface area contributed by atoms with Gasteiger partial charge in [-0.05, 0) is 6.42 Å². The molecular formula is C10H16N4O3S. The van der Waals surface area contributed by atoms with Crippen molar-refractivity contribution in [2.24, 2.45) is 0 Å². The highest BCUT2D eigenvalue weighted by Gasteiger charge is 2.25. The molecule has 100 valence electrons. The number of carbonyl (C=O) groups is 1. The van der Waals surface area contributed by atoms with Gasteiger partial charge in [0.05, 0.1) is 6.20 Å². The summed E-state index contributed by atoms with van der Waals surface area (Å²) in [7, 11) is -3.59. The highest BCUT2D eigenvalue weighted by molar-refractivity contribution is 7.89. The number of imidazole rings is 1. The number of aryl methyl sites for hydroxylation is 1. The van der Waals surface area contributed by atoms with Gasteiger partial charge in [0, 0.05) is 25.4 Å². The second kappa shape index (κ2) is 5.07. The van der Waals surface area contributed by atoms with E-state index >= 15 is 0 Å². The van der Waals surface area contributed by atoms with Gasteiger partial charge in [-0.1, -0.05) is 6.92 Å². The van der Waals surface area contributed by atoms with Crippen LogP contribution in [0.5, 0.6) is 0 Å². The van der Waals surface area contributed by atoms with E-state index in [2.05, 4.69) is 20.0 Å². The topological polar surface area (TPSA) is 104 Å². The zero-order valence-electron chi connectivity index (χ0n) is 10.1. The second-order valence-corrected chi connectivity index (χ2v) is 5.89. The largest absolute Gasteiger partial charge is 0.355 e. The van der Waals surface area contributed by atoms with E-state index in [1.165, 1.54) is 6.20 Å². The number of nitrogens with one attached hydrogen (secondary N) is 3. The lowest BCUT2D eigenvalue weighted by molar-refractivity contribution is -0.122. The molecule has 3 N–H and O–H groups in total. The molecule has 1 atom stereocenters. The van der Waals surface area contributed by atoms with Gasteiger partial charge in [-0.3, -0.25) is 4.79 Å². The molecule has 0 radical (unpaired) electrons. The molecule has 8 heteroatoms. The first kappa shape index (κ1) is 13.0. The molecule has 1 aromatic rings. The van der Waals surface area contributed by atoms with E-state index in [4.69, 9.17) is 0 Å². The SMILES string of the molecule is CCc1ncc(S(=O)(=O)NC2CCC(=O)NC2)[nH]1. The Hall–Kier alpha value is -1.41. The smallest absolute Gasteiger partial charge is 0.257 e. The molecule has 1 aliphatic rings. The van der Waals surface area contributed by atoms with E-state index in [0.717, 1.165) is 0 Å². The van der Waals surface area contributed by atoms with Crippen molar-refractivity contribution in [2.75, 3.05) is 6.54 Å². The number of hydrogen-bond acceptors (Lipinski definition) is 4. The standard InChI is InChI=1S/C10H16N4O3S/c1-2-8-11-6-10(13-8)18(16,17)14-7-3-4-9(15)12-5-7/h6-7,14H,2-5H2,1H3,(H,11,13)(H,12,15). The van der Waals surface area contributed by atoms with Crippen LogP contribution >= 0.6 is 0 Å². The molecule has 7 nitrogen and oxygen atoms in total. The summed E-state index contributed by atoms with van der Waals surface area (Å²) in [5, 5.41) is 2.70. The molecule has 2 heterocycles. The first-order valence-electron chi connectivity index (χ1n) is 5.84. The molecule has 1 amide bonds. The molecule has 1 aliphatic heterocycles. The van der Waals surface area contributed by atoms with E-state index in [1.54, 1.807) is 0 Å². The average Bonchev–Trinajstić information content (AvgIpc) is 2.81. The first-order valence-corrected chi connectivity index (χ1v) is 7.32. The molecule has 2 rings (SSSR count). The van der Waals surface area contributed by atoms with Crippen LogP contribution < -0.4 is 10.0 Å². The zero-order valence-corrected chi connectivity index (χ0v) is 10.9. The van der Waals surface area contributed by atoms with Gasteiger partial charge in [-0.2, -0.15) is 0 Å². The summed E-state index contributed by atoms with van der Waals surface area (Å²) >= 11 is 0. The van der Waals surface area contributed by atoms with Crippen molar-refractivity contribution in [2.45, 2.75) is 37.3 Å². The molecule has 0 spiro atoms. The molecule has 1 saturated heterocycles. The van der Waals surface area contributed by atoms with E-state index in [-0.39, 0.29) is 17.0 Å². The van der Waals surface area contributed by atoms with Gasteiger partial charge in [0.25, 0.3) is 10.0 Å². The Morgan fingerprint density at radius 3 is 2.89 bits per heavy atom. The van der Waals surface area contributed by atoms with Crippen molar-refractivity contribution in [1.82, 2.24) is 20.0 Å². The third-order valence-corrected chi connectivity index (χ3v) is 4.25. The minimum Gasteiger partial charge on any atom is -0.355 e. The fourth-order valence-corrected chi connectivity index (χ4v) is 2.99. The van der Waals surface area contributed by atoms with Crippen LogP contribution in [0.15, 0.2) is 11.2 Å². The van der Waals surface area contributed by atoms with Gasteiger partial charge in [0.1, 0.15) is 5.82 Å². The first-order chi connectivity index (χ1) is 8.51. The number of nitrogens with zero attached hydrogens (tertiary/aromatic N) is 1. The van der Waals surface area contributed by atoms with Gasteiger partial charge in [-0.15, -0.1) is 0 Å². The molecule has 1 fully saturated rings. The number of carbonyl (C=O) groups excluding carboxylic acids is 1. The van der Waals surface area contributed by atoms with Gasteiger partial charge >= 0.3 is 0 Å². The zero-order chi connectivity index (χ0) is 13.2. The summed E-state index contributed by atoms with van der Waals surface area (Å²) in [4.78, 5) is 17.7. The lowest BCUT2D eigenvalue weighted by Crippen LogP contribution is -2.47. The molecule has 0 aromatic carbocycles. The van der Waals surface area contributed by atoms with Gasteiger partial charge < -0.3 is 10.3 Å². The van der Waals surface area contributed by atoms with Crippen LogP contribution in [0.25, 0.3) is 0 Å². The molecule has 0 saturated carbocycles. The number of amides is 1. The maximum absolute atomic E-state index is 12.0. The summed E-state index contributed by atoms with van der Waals surface area (Å²) in [6.45, 7) is 2.21. The third kappa shape index (κ3) is 2.88. The van der Waals surface area contributed by atoms with E-state index < -0.39 is 10.0 Å². The second-order valence-electron chi connectivity index (χ2n) is 4.21. The van der Waals surface area contributed by atoms with Crippen molar-refractivity contribution in [1.29, 1.82) is 0 Å². The molecule has 1 aromatic heterocycles. The lowest BCUT2D eigenvalue weighted by atomic mass is 10.1. The van der Waals surface area contributed by atoms with Crippen LogP contribution in [0.4, 0.5) is 0 Å². The molecule has 1 unspecified atom stereocenters. The highest BCUT2D eigenvalue weighted by Crippen LogP contribution is 2.10.